The Morgan fingerprint density at radius 2 is 1.87 bits per heavy atom. The average Bonchev–Trinajstić information content (AvgIpc) is 2.58. The third kappa shape index (κ3) is 2.51. The van der Waals surface area contributed by atoms with Crippen molar-refractivity contribution in [3.8, 4) is 0 Å². The molecule has 1 aliphatic carbocycles. The minimum atomic E-state index is -1.20. The quantitative estimate of drug-likeness (QED) is 0.863. The van der Waals surface area contributed by atoms with Crippen molar-refractivity contribution in [3.05, 3.63) is 59.2 Å². The maximum absolute atomic E-state index is 11.9. The zero-order chi connectivity index (χ0) is 16.7. The molecular formula is C18H20N2O3. The summed E-state index contributed by atoms with van der Waals surface area (Å²) >= 11 is 0. The molecule has 5 heteroatoms. The fourth-order valence-corrected chi connectivity index (χ4v) is 3.30. The van der Waals surface area contributed by atoms with Gasteiger partial charge in [-0.1, -0.05) is 19.9 Å². The van der Waals surface area contributed by atoms with Gasteiger partial charge in [0.1, 0.15) is 11.9 Å². The molecule has 1 aromatic carbocycles. The molecule has 2 aromatic rings. The number of esters is 1. The minimum absolute atomic E-state index is 0.0775. The molecule has 1 N–H and O–H groups in total. The number of carbonyl (C=O) groups is 1. The number of aromatic nitrogens is 2. The fraction of sp³-hybridized carbons (Fsp3) is 0.389. The summed E-state index contributed by atoms with van der Waals surface area (Å²) in [6.07, 6.45) is 6.05. The van der Waals surface area contributed by atoms with Gasteiger partial charge in [0.25, 0.3) is 0 Å². The fourth-order valence-electron chi connectivity index (χ4n) is 3.30. The second-order valence-electron chi connectivity index (χ2n) is 6.62. The summed E-state index contributed by atoms with van der Waals surface area (Å²) in [6, 6.07) is 5.39. The molecule has 1 atom stereocenters. The van der Waals surface area contributed by atoms with Gasteiger partial charge in [-0.2, -0.15) is 0 Å². The van der Waals surface area contributed by atoms with Crippen LogP contribution in [0.4, 0.5) is 0 Å². The maximum Gasteiger partial charge on any atom is 0.337 e. The molecule has 23 heavy (non-hydrogen) atoms. The van der Waals surface area contributed by atoms with E-state index in [0.29, 0.717) is 17.5 Å². The molecule has 0 bridgehead atoms. The Bertz CT molecular complexity index is 743. The smallest absolute Gasteiger partial charge is 0.337 e. The van der Waals surface area contributed by atoms with Crippen LogP contribution in [0.3, 0.4) is 0 Å². The zero-order valence-corrected chi connectivity index (χ0v) is 13.5. The normalized spacial score (nSPS) is 22.3. The van der Waals surface area contributed by atoms with Crippen LogP contribution in [0.5, 0.6) is 0 Å². The minimum Gasteiger partial charge on any atom is -0.465 e. The van der Waals surface area contributed by atoms with Crippen molar-refractivity contribution in [3.63, 3.8) is 0 Å². The van der Waals surface area contributed by atoms with Crippen molar-refractivity contribution in [2.24, 2.45) is 0 Å². The molecule has 0 saturated carbocycles. The van der Waals surface area contributed by atoms with Crippen LogP contribution in [-0.4, -0.2) is 28.2 Å². The second-order valence-corrected chi connectivity index (χ2v) is 6.62. The van der Waals surface area contributed by atoms with E-state index < -0.39 is 11.6 Å². The Balaban J connectivity index is 2.22. The third-order valence-electron chi connectivity index (χ3n) is 4.77. The summed E-state index contributed by atoms with van der Waals surface area (Å²) < 4.78 is 4.81. The number of benzene rings is 1. The number of nitrogens with zero attached hydrogens (tertiary/aromatic N) is 2. The van der Waals surface area contributed by atoms with E-state index in [0.717, 1.165) is 17.5 Å². The van der Waals surface area contributed by atoms with E-state index in [2.05, 4.69) is 23.8 Å². The van der Waals surface area contributed by atoms with Crippen molar-refractivity contribution in [1.29, 1.82) is 0 Å². The lowest BCUT2D eigenvalue weighted by Crippen LogP contribution is -2.39. The molecule has 1 unspecified atom stereocenters. The Kier molecular flexibility index (Phi) is 3.68. The van der Waals surface area contributed by atoms with Crippen LogP contribution in [-0.2, 0) is 15.8 Å². The van der Waals surface area contributed by atoms with Crippen LogP contribution in [0, 0.1) is 0 Å². The summed E-state index contributed by atoms with van der Waals surface area (Å²) in [5.41, 5.74) is 1.55. The van der Waals surface area contributed by atoms with Crippen molar-refractivity contribution in [2.75, 3.05) is 7.11 Å². The van der Waals surface area contributed by atoms with Gasteiger partial charge in [-0.05, 0) is 41.5 Å². The molecule has 0 spiro atoms. The SMILES string of the molecule is COC(=O)c1ccc2c(c1)C(O)(c1cncnc1)CCC2(C)C. The number of hydrogen-bond acceptors (Lipinski definition) is 5. The van der Waals surface area contributed by atoms with E-state index in [4.69, 9.17) is 4.74 Å². The van der Waals surface area contributed by atoms with Crippen molar-refractivity contribution in [1.82, 2.24) is 9.97 Å². The van der Waals surface area contributed by atoms with Crippen molar-refractivity contribution in [2.45, 2.75) is 37.7 Å². The van der Waals surface area contributed by atoms with E-state index in [-0.39, 0.29) is 5.41 Å². The standard InChI is InChI=1S/C18H20N2O3/c1-17(2)6-7-18(22,13-9-19-11-20-10-13)15-8-12(16(21)23-3)4-5-14(15)17/h4-5,8-11,22H,6-7H2,1-3H3. The first kappa shape index (κ1) is 15.6. The molecule has 3 rings (SSSR count). The topological polar surface area (TPSA) is 72.3 Å². The number of carbonyl (C=O) groups excluding carboxylic acids is 1. The van der Waals surface area contributed by atoms with Gasteiger partial charge < -0.3 is 9.84 Å². The highest BCUT2D eigenvalue weighted by Crippen LogP contribution is 2.47. The average molecular weight is 312 g/mol. The van der Waals surface area contributed by atoms with Crippen LogP contribution >= 0.6 is 0 Å². The molecule has 0 radical (unpaired) electrons. The molecule has 1 aromatic heterocycles. The van der Waals surface area contributed by atoms with E-state index in [1.54, 1.807) is 24.5 Å². The van der Waals surface area contributed by atoms with E-state index >= 15 is 0 Å². The summed E-state index contributed by atoms with van der Waals surface area (Å²) in [4.78, 5) is 19.9. The number of aliphatic hydroxyl groups is 1. The van der Waals surface area contributed by atoms with Crippen LogP contribution < -0.4 is 0 Å². The van der Waals surface area contributed by atoms with Crippen LogP contribution in [0.15, 0.2) is 36.9 Å². The highest BCUT2D eigenvalue weighted by atomic mass is 16.5. The van der Waals surface area contributed by atoms with Gasteiger partial charge in [0.2, 0.25) is 0 Å². The highest BCUT2D eigenvalue weighted by molar-refractivity contribution is 5.89. The van der Waals surface area contributed by atoms with Gasteiger partial charge in [0, 0.05) is 18.0 Å². The van der Waals surface area contributed by atoms with Gasteiger partial charge in [-0.3, -0.25) is 0 Å². The molecule has 0 fully saturated rings. The molecule has 1 aliphatic rings. The second kappa shape index (κ2) is 5.42. The first-order valence-corrected chi connectivity index (χ1v) is 7.60. The van der Waals surface area contributed by atoms with Gasteiger partial charge in [-0.15, -0.1) is 0 Å². The van der Waals surface area contributed by atoms with E-state index in [1.807, 2.05) is 6.07 Å². The molecule has 0 aliphatic heterocycles. The number of fused-ring (bicyclic) bond motifs is 1. The Hall–Kier alpha value is -2.27. The third-order valence-corrected chi connectivity index (χ3v) is 4.77. The lowest BCUT2D eigenvalue weighted by Gasteiger charge is -2.42. The molecular weight excluding hydrogens is 292 g/mol. The van der Waals surface area contributed by atoms with Crippen LogP contribution in [0.25, 0.3) is 0 Å². The maximum atomic E-state index is 11.9. The van der Waals surface area contributed by atoms with Crippen molar-refractivity contribution < 1.29 is 14.6 Å². The zero-order valence-electron chi connectivity index (χ0n) is 13.5. The van der Waals surface area contributed by atoms with Crippen molar-refractivity contribution >= 4 is 5.97 Å². The predicted octanol–water partition coefficient (Wildman–Crippen LogP) is 2.57. The number of ether oxygens (including phenoxy) is 1. The summed E-state index contributed by atoms with van der Waals surface area (Å²) in [5.74, 6) is -0.414. The largest absolute Gasteiger partial charge is 0.465 e. The monoisotopic (exact) mass is 312 g/mol. The van der Waals surface area contributed by atoms with E-state index in [1.165, 1.54) is 13.4 Å². The Morgan fingerprint density at radius 1 is 1.17 bits per heavy atom. The predicted molar refractivity (Wildman–Crippen MR) is 85.1 cm³/mol. The van der Waals surface area contributed by atoms with Gasteiger partial charge >= 0.3 is 5.97 Å². The van der Waals surface area contributed by atoms with Gasteiger partial charge in [-0.25, -0.2) is 14.8 Å². The first-order valence-electron chi connectivity index (χ1n) is 7.60. The molecule has 0 amide bonds. The molecule has 0 saturated heterocycles. The van der Waals surface area contributed by atoms with Crippen LogP contribution in [0.1, 0.15) is 53.7 Å². The lowest BCUT2D eigenvalue weighted by atomic mass is 9.65. The molecule has 5 nitrogen and oxygen atoms in total. The summed E-state index contributed by atoms with van der Waals surface area (Å²) in [6.45, 7) is 4.29. The first-order chi connectivity index (χ1) is 10.9. The van der Waals surface area contributed by atoms with Crippen LogP contribution in [0.2, 0.25) is 0 Å². The molecule has 120 valence electrons. The molecule has 1 heterocycles. The number of rotatable bonds is 2. The highest BCUT2D eigenvalue weighted by Gasteiger charge is 2.43. The Morgan fingerprint density at radius 3 is 2.52 bits per heavy atom. The number of methoxy groups -OCH3 is 1. The van der Waals surface area contributed by atoms with E-state index in [9.17, 15) is 9.90 Å². The lowest BCUT2D eigenvalue weighted by molar-refractivity contribution is 0.0484. The summed E-state index contributed by atoms with van der Waals surface area (Å²) in [7, 11) is 1.35. The Labute approximate surface area is 135 Å². The van der Waals surface area contributed by atoms with Gasteiger partial charge in [0.15, 0.2) is 0 Å². The van der Waals surface area contributed by atoms with Gasteiger partial charge in [0.05, 0.1) is 12.7 Å². The summed E-state index contributed by atoms with van der Waals surface area (Å²) in [5, 5.41) is 11.4. The number of hydrogen-bond donors (Lipinski definition) is 1.